The number of alkyl halides is 3. The van der Waals surface area contributed by atoms with E-state index < -0.39 is 11.7 Å². The maximum absolute atomic E-state index is 12.3. The first-order valence-corrected chi connectivity index (χ1v) is 5.21. The summed E-state index contributed by atoms with van der Waals surface area (Å²) in [6.45, 7) is 0. The maximum atomic E-state index is 12.3. The molecule has 0 bridgehead atoms. The van der Waals surface area contributed by atoms with E-state index in [4.69, 9.17) is 0 Å². The van der Waals surface area contributed by atoms with E-state index >= 15 is 0 Å². The van der Waals surface area contributed by atoms with Gasteiger partial charge in [-0.05, 0) is 42.5 Å². The summed E-state index contributed by atoms with van der Waals surface area (Å²) in [4.78, 5) is 0. The molecule has 89 valence electrons. The molecular formula is C15H8F3. The largest absolute Gasteiger partial charge is 0.416 e. The Hall–Kier alpha value is -2.21. The fourth-order valence-corrected chi connectivity index (χ4v) is 1.36. The molecule has 0 nitrogen and oxygen atoms in total. The molecule has 2 aromatic rings. The van der Waals surface area contributed by atoms with Gasteiger partial charge in [0, 0.05) is 11.1 Å². The molecule has 0 aromatic heterocycles. The van der Waals surface area contributed by atoms with Gasteiger partial charge in [0.2, 0.25) is 0 Å². The molecule has 0 saturated heterocycles. The standard InChI is InChI=1S/C15H8F3/c16-15(17,18)14-10-8-13(9-11-14)7-6-12-4-2-1-3-5-12/h2-5,8-11H. The Morgan fingerprint density at radius 1 is 0.778 bits per heavy atom. The smallest absolute Gasteiger partial charge is 0.166 e. The highest BCUT2D eigenvalue weighted by Gasteiger charge is 2.29. The molecule has 0 amide bonds. The average molecular weight is 245 g/mol. The van der Waals surface area contributed by atoms with E-state index in [-0.39, 0.29) is 0 Å². The van der Waals surface area contributed by atoms with Crippen molar-refractivity contribution in [1.82, 2.24) is 0 Å². The summed E-state index contributed by atoms with van der Waals surface area (Å²) in [6, 6.07) is 14.7. The summed E-state index contributed by atoms with van der Waals surface area (Å²) in [6.07, 6.45) is -4.30. The lowest BCUT2D eigenvalue weighted by molar-refractivity contribution is -0.137. The van der Waals surface area contributed by atoms with Crippen LogP contribution in [0.25, 0.3) is 0 Å². The van der Waals surface area contributed by atoms with Gasteiger partial charge < -0.3 is 0 Å². The molecule has 2 aromatic carbocycles. The molecule has 0 spiro atoms. The lowest BCUT2D eigenvalue weighted by atomic mass is 10.1. The van der Waals surface area contributed by atoms with Crippen LogP contribution in [-0.2, 0) is 6.18 Å². The fraction of sp³-hybridized carbons (Fsp3) is 0.0667. The van der Waals surface area contributed by atoms with Crippen LogP contribution < -0.4 is 0 Å². The number of benzene rings is 2. The van der Waals surface area contributed by atoms with Gasteiger partial charge in [0.1, 0.15) is 0 Å². The molecule has 1 radical (unpaired) electrons. The van der Waals surface area contributed by atoms with E-state index in [2.05, 4.69) is 17.9 Å². The highest BCUT2D eigenvalue weighted by molar-refractivity contribution is 5.43. The van der Waals surface area contributed by atoms with Gasteiger partial charge in [-0.2, -0.15) is 13.2 Å². The molecule has 0 aliphatic carbocycles. The molecule has 0 aliphatic rings. The van der Waals surface area contributed by atoms with Crippen molar-refractivity contribution in [3.8, 4) is 11.8 Å². The van der Waals surface area contributed by atoms with Crippen molar-refractivity contribution in [3.05, 3.63) is 71.3 Å². The topological polar surface area (TPSA) is 0 Å². The van der Waals surface area contributed by atoms with Crippen molar-refractivity contribution in [3.63, 3.8) is 0 Å². The Kier molecular flexibility index (Phi) is 3.38. The van der Waals surface area contributed by atoms with Crippen LogP contribution in [0.2, 0.25) is 0 Å². The molecule has 0 N–H and O–H groups in total. The Morgan fingerprint density at radius 2 is 1.28 bits per heavy atom. The van der Waals surface area contributed by atoms with Crippen molar-refractivity contribution < 1.29 is 13.2 Å². The lowest BCUT2D eigenvalue weighted by Gasteiger charge is -2.05. The first kappa shape index (κ1) is 12.3. The molecule has 18 heavy (non-hydrogen) atoms. The van der Waals surface area contributed by atoms with Crippen molar-refractivity contribution in [2.75, 3.05) is 0 Å². The molecule has 0 atom stereocenters. The van der Waals surface area contributed by atoms with Gasteiger partial charge in [-0.3, -0.25) is 0 Å². The Labute approximate surface area is 103 Å². The van der Waals surface area contributed by atoms with Crippen LogP contribution in [0.4, 0.5) is 13.2 Å². The van der Waals surface area contributed by atoms with E-state index in [1.807, 2.05) is 0 Å². The molecule has 0 unspecified atom stereocenters. The van der Waals surface area contributed by atoms with Gasteiger partial charge in [0.25, 0.3) is 0 Å². The lowest BCUT2D eigenvalue weighted by Crippen LogP contribution is -2.04. The van der Waals surface area contributed by atoms with E-state index in [9.17, 15) is 13.2 Å². The second-order valence-electron chi connectivity index (χ2n) is 3.61. The van der Waals surface area contributed by atoms with Crippen LogP contribution in [0.5, 0.6) is 0 Å². The first-order chi connectivity index (χ1) is 8.55. The van der Waals surface area contributed by atoms with Gasteiger partial charge in [-0.15, -0.1) is 0 Å². The number of halogens is 3. The maximum Gasteiger partial charge on any atom is 0.416 e. The van der Waals surface area contributed by atoms with Crippen LogP contribution in [0.3, 0.4) is 0 Å². The summed E-state index contributed by atoms with van der Waals surface area (Å²) in [7, 11) is 0. The fourth-order valence-electron chi connectivity index (χ4n) is 1.36. The molecule has 2 rings (SSSR count). The summed E-state index contributed by atoms with van der Waals surface area (Å²) >= 11 is 0. The third-order valence-electron chi connectivity index (χ3n) is 2.28. The normalized spacial score (nSPS) is 10.6. The highest BCUT2D eigenvalue weighted by atomic mass is 19.4. The third-order valence-corrected chi connectivity index (χ3v) is 2.28. The predicted molar refractivity (Wildman–Crippen MR) is 62.7 cm³/mol. The second kappa shape index (κ2) is 4.97. The van der Waals surface area contributed by atoms with Gasteiger partial charge in [-0.1, -0.05) is 24.0 Å². The molecule has 0 saturated carbocycles. The summed E-state index contributed by atoms with van der Waals surface area (Å²) in [5.74, 6) is 5.68. The van der Waals surface area contributed by atoms with Gasteiger partial charge >= 0.3 is 6.18 Å². The summed E-state index contributed by atoms with van der Waals surface area (Å²) in [5.41, 5.74) is 0.687. The van der Waals surface area contributed by atoms with Crippen molar-refractivity contribution in [1.29, 1.82) is 0 Å². The second-order valence-corrected chi connectivity index (χ2v) is 3.61. The van der Waals surface area contributed by atoms with Crippen molar-refractivity contribution in [2.45, 2.75) is 6.18 Å². The Morgan fingerprint density at radius 3 is 1.78 bits per heavy atom. The SMILES string of the molecule is FC(F)(F)c1ccc(C#Cc2cc[c]cc2)cc1. The van der Waals surface area contributed by atoms with E-state index in [0.29, 0.717) is 5.56 Å². The zero-order chi connectivity index (χ0) is 13.0. The predicted octanol–water partition coefficient (Wildman–Crippen LogP) is 3.91. The van der Waals surface area contributed by atoms with Crippen LogP contribution in [0.1, 0.15) is 16.7 Å². The minimum Gasteiger partial charge on any atom is -0.166 e. The highest BCUT2D eigenvalue weighted by Crippen LogP contribution is 2.28. The molecular weight excluding hydrogens is 237 g/mol. The quantitative estimate of drug-likeness (QED) is 0.617. The molecule has 3 heteroatoms. The summed E-state index contributed by atoms with van der Waals surface area (Å²) < 4.78 is 37.0. The molecule has 0 heterocycles. The van der Waals surface area contributed by atoms with Gasteiger partial charge in [0.05, 0.1) is 5.56 Å². The van der Waals surface area contributed by atoms with Crippen LogP contribution >= 0.6 is 0 Å². The Bertz CT molecular complexity index is 569. The van der Waals surface area contributed by atoms with Crippen molar-refractivity contribution in [2.24, 2.45) is 0 Å². The summed E-state index contributed by atoms with van der Waals surface area (Å²) in [5, 5.41) is 0. The van der Waals surface area contributed by atoms with E-state index in [1.165, 1.54) is 12.1 Å². The van der Waals surface area contributed by atoms with Crippen LogP contribution in [0.15, 0.2) is 48.5 Å². The Balaban J connectivity index is 2.20. The van der Waals surface area contributed by atoms with Crippen LogP contribution in [-0.4, -0.2) is 0 Å². The van der Waals surface area contributed by atoms with E-state index in [0.717, 1.165) is 17.7 Å². The molecule has 0 aliphatic heterocycles. The van der Waals surface area contributed by atoms with Gasteiger partial charge in [-0.25, -0.2) is 0 Å². The number of hydrogen-bond donors (Lipinski definition) is 0. The van der Waals surface area contributed by atoms with Gasteiger partial charge in [0.15, 0.2) is 0 Å². The minimum atomic E-state index is -4.30. The zero-order valence-corrected chi connectivity index (χ0v) is 9.25. The monoisotopic (exact) mass is 245 g/mol. The van der Waals surface area contributed by atoms with E-state index in [1.54, 1.807) is 24.3 Å². The van der Waals surface area contributed by atoms with Crippen molar-refractivity contribution >= 4 is 0 Å². The zero-order valence-electron chi connectivity index (χ0n) is 9.25. The van der Waals surface area contributed by atoms with Crippen LogP contribution in [0, 0.1) is 17.9 Å². The number of hydrogen-bond acceptors (Lipinski definition) is 0. The third kappa shape index (κ3) is 3.14. The first-order valence-electron chi connectivity index (χ1n) is 5.21. The number of rotatable bonds is 0. The molecule has 0 fully saturated rings. The minimum absolute atomic E-state index is 0.552. The average Bonchev–Trinajstić information content (AvgIpc) is 2.37.